The summed E-state index contributed by atoms with van der Waals surface area (Å²) in [6.07, 6.45) is 5.03. The van der Waals surface area contributed by atoms with E-state index in [9.17, 15) is 17.2 Å². The molecule has 0 saturated carbocycles. The molecule has 2 N–H and O–H groups in total. The minimum absolute atomic E-state index is 0.00732. The van der Waals surface area contributed by atoms with Crippen LogP contribution < -0.4 is 10.0 Å². The zero-order valence-electron chi connectivity index (χ0n) is 16.4. The van der Waals surface area contributed by atoms with E-state index in [1.807, 2.05) is 0 Å². The lowest BCUT2D eigenvalue weighted by atomic mass is 9.77. The van der Waals surface area contributed by atoms with Crippen LogP contribution in [-0.2, 0) is 10.0 Å². The summed E-state index contributed by atoms with van der Waals surface area (Å²) in [5, 5.41) is 3.50. The number of rotatable bonds is 4. The van der Waals surface area contributed by atoms with E-state index < -0.39 is 15.8 Å². The fourth-order valence-corrected chi connectivity index (χ4v) is 5.59. The molecule has 2 aliphatic rings. The van der Waals surface area contributed by atoms with Crippen LogP contribution in [0.3, 0.4) is 0 Å². The summed E-state index contributed by atoms with van der Waals surface area (Å²) in [6.45, 7) is 0. The molecule has 0 unspecified atom stereocenters. The van der Waals surface area contributed by atoms with Gasteiger partial charge in [-0.05, 0) is 65.9 Å². The van der Waals surface area contributed by atoms with E-state index in [-0.39, 0.29) is 34.3 Å². The van der Waals surface area contributed by atoms with Crippen LogP contribution in [-0.4, -0.2) is 8.42 Å². The van der Waals surface area contributed by atoms with Gasteiger partial charge in [-0.1, -0.05) is 36.4 Å². The SMILES string of the molecule is O=S(=O)(Nc1ccccc1F)c1ccc2c(c1)[C@@H]1C=CC[C@@H]1[C@@H](c1ccc(F)cc1)N2. The number of hydrogen-bond donors (Lipinski definition) is 2. The van der Waals surface area contributed by atoms with Crippen molar-refractivity contribution in [3.05, 3.63) is 102 Å². The van der Waals surface area contributed by atoms with E-state index in [1.165, 1.54) is 36.4 Å². The van der Waals surface area contributed by atoms with E-state index >= 15 is 0 Å². The Balaban J connectivity index is 1.50. The molecule has 0 fully saturated rings. The number of sulfonamides is 1. The third kappa shape index (κ3) is 3.59. The maximum atomic E-state index is 13.9. The Bertz CT molecular complexity index is 1270. The number of hydrogen-bond acceptors (Lipinski definition) is 3. The minimum atomic E-state index is -3.95. The van der Waals surface area contributed by atoms with Gasteiger partial charge in [-0.15, -0.1) is 0 Å². The Kier molecular flexibility index (Phi) is 4.78. The Hall–Kier alpha value is -3.19. The van der Waals surface area contributed by atoms with Gasteiger partial charge in [0.1, 0.15) is 11.6 Å². The highest BCUT2D eigenvalue weighted by molar-refractivity contribution is 7.92. The average Bonchev–Trinajstić information content (AvgIpc) is 3.25. The second-order valence-corrected chi connectivity index (χ2v) is 9.54. The molecule has 1 aliphatic heterocycles. The summed E-state index contributed by atoms with van der Waals surface area (Å²) >= 11 is 0. The summed E-state index contributed by atoms with van der Waals surface area (Å²) in [5.41, 5.74) is 2.62. The van der Waals surface area contributed by atoms with Crippen LogP contribution in [0.2, 0.25) is 0 Å². The van der Waals surface area contributed by atoms with Gasteiger partial charge in [0.2, 0.25) is 0 Å². The fraction of sp³-hybridized carbons (Fsp3) is 0.167. The number of fused-ring (bicyclic) bond motifs is 3. The fourth-order valence-electron chi connectivity index (χ4n) is 4.49. The van der Waals surface area contributed by atoms with E-state index in [0.29, 0.717) is 0 Å². The molecule has 3 atom stereocenters. The molecule has 0 amide bonds. The second kappa shape index (κ2) is 7.50. The minimum Gasteiger partial charge on any atom is -0.378 e. The highest BCUT2D eigenvalue weighted by Crippen LogP contribution is 2.50. The number of halogens is 2. The first-order valence-corrected chi connectivity index (χ1v) is 11.5. The summed E-state index contributed by atoms with van der Waals surface area (Å²) < 4.78 is 55.5. The monoisotopic (exact) mass is 438 g/mol. The molecule has 7 heteroatoms. The van der Waals surface area contributed by atoms with Crippen molar-refractivity contribution in [3.8, 4) is 0 Å². The van der Waals surface area contributed by atoms with Crippen LogP contribution in [0.25, 0.3) is 0 Å². The molecule has 3 aromatic carbocycles. The third-order valence-electron chi connectivity index (χ3n) is 5.99. The first kappa shape index (κ1) is 19.8. The van der Waals surface area contributed by atoms with E-state index in [4.69, 9.17) is 0 Å². The highest BCUT2D eigenvalue weighted by atomic mass is 32.2. The normalized spacial score (nSPS) is 21.8. The zero-order chi connectivity index (χ0) is 21.6. The molecule has 0 aromatic heterocycles. The molecule has 1 aliphatic carbocycles. The molecule has 0 saturated heterocycles. The molecule has 4 nitrogen and oxygen atoms in total. The molecule has 31 heavy (non-hydrogen) atoms. The van der Waals surface area contributed by atoms with Crippen LogP contribution in [0.5, 0.6) is 0 Å². The Morgan fingerprint density at radius 1 is 0.968 bits per heavy atom. The maximum absolute atomic E-state index is 13.9. The number of para-hydroxylation sites is 1. The van der Waals surface area contributed by atoms with Gasteiger partial charge < -0.3 is 5.32 Å². The van der Waals surface area contributed by atoms with Crippen LogP contribution >= 0.6 is 0 Å². The lowest BCUT2D eigenvalue weighted by Gasteiger charge is -2.37. The lowest BCUT2D eigenvalue weighted by Crippen LogP contribution is -2.29. The Morgan fingerprint density at radius 3 is 2.52 bits per heavy atom. The van der Waals surface area contributed by atoms with Gasteiger partial charge >= 0.3 is 0 Å². The van der Waals surface area contributed by atoms with Crippen LogP contribution in [0, 0.1) is 17.6 Å². The maximum Gasteiger partial charge on any atom is 0.261 e. The lowest BCUT2D eigenvalue weighted by molar-refractivity contribution is 0.424. The summed E-state index contributed by atoms with van der Waals surface area (Å²) in [6, 6.07) is 17.0. The summed E-state index contributed by atoms with van der Waals surface area (Å²) in [4.78, 5) is 0.0792. The van der Waals surface area contributed by atoms with Gasteiger partial charge in [0.15, 0.2) is 0 Å². The van der Waals surface area contributed by atoms with Crippen LogP contribution in [0.4, 0.5) is 20.2 Å². The first-order chi connectivity index (χ1) is 14.9. The topological polar surface area (TPSA) is 58.2 Å². The number of nitrogens with one attached hydrogen (secondary N) is 2. The van der Waals surface area contributed by atoms with Gasteiger partial charge in [-0.2, -0.15) is 0 Å². The Morgan fingerprint density at radius 2 is 1.74 bits per heavy atom. The molecular formula is C24H20F2N2O2S. The molecule has 158 valence electrons. The predicted molar refractivity (Wildman–Crippen MR) is 116 cm³/mol. The highest BCUT2D eigenvalue weighted by Gasteiger charge is 2.38. The van der Waals surface area contributed by atoms with Crippen LogP contribution in [0.15, 0.2) is 83.8 Å². The first-order valence-electron chi connectivity index (χ1n) is 10.0. The van der Waals surface area contributed by atoms with E-state index in [1.54, 1.807) is 30.3 Å². The number of anilines is 2. The van der Waals surface area contributed by atoms with Crippen molar-refractivity contribution in [2.75, 3.05) is 10.0 Å². The predicted octanol–water partition coefficient (Wildman–Crippen LogP) is 5.59. The molecule has 3 aromatic rings. The van der Waals surface area contributed by atoms with Crippen molar-refractivity contribution in [3.63, 3.8) is 0 Å². The number of benzene rings is 3. The van der Waals surface area contributed by atoms with Gasteiger partial charge in [0, 0.05) is 11.6 Å². The van der Waals surface area contributed by atoms with Crippen molar-refractivity contribution in [1.82, 2.24) is 0 Å². The molecule has 1 heterocycles. The van der Waals surface area contributed by atoms with E-state index in [2.05, 4.69) is 22.2 Å². The molecule has 0 radical (unpaired) electrons. The summed E-state index contributed by atoms with van der Waals surface area (Å²) in [7, 11) is -3.95. The smallest absolute Gasteiger partial charge is 0.261 e. The van der Waals surface area contributed by atoms with Gasteiger partial charge in [-0.25, -0.2) is 17.2 Å². The molecule has 5 rings (SSSR count). The summed E-state index contributed by atoms with van der Waals surface area (Å²) in [5.74, 6) is -0.685. The molecular weight excluding hydrogens is 418 g/mol. The zero-order valence-corrected chi connectivity index (χ0v) is 17.2. The van der Waals surface area contributed by atoms with Crippen molar-refractivity contribution in [2.24, 2.45) is 5.92 Å². The van der Waals surface area contributed by atoms with Gasteiger partial charge in [0.05, 0.1) is 16.6 Å². The number of allylic oxidation sites excluding steroid dienone is 2. The molecule has 0 bridgehead atoms. The Labute approximate surface area is 179 Å². The van der Waals surface area contributed by atoms with Crippen molar-refractivity contribution in [2.45, 2.75) is 23.3 Å². The third-order valence-corrected chi connectivity index (χ3v) is 7.36. The molecule has 0 spiro atoms. The van der Waals surface area contributed by atoms with E-state index in [0.717, 1.165) is 23.2 Å². The van der Waals surface area contributed by atoms with Gasteiger partial charge in [0.25, 0.3) is 10.0 Å². The largest absolute Gasteiger partial charge is 0.378 e. The van der Waals surface area contributed by atoms with Gasteiger partial charge in [-0.3, -0.25) is 4.72 Å². The average molecular weight is 438 g/mol. The second-order valence-electron chi connectivity index (χ2n) is 7.86. The van der Waals surface area contributed by atoms with Crippen molar-refractivity contribution >= 4 is 21.4 Å². The van der Waals surface area contributed by atoms with Crippen molar-refractivity contribution < 1.29 is 17.2 Å². The van der Waals surface area contributed by atoms with Crippen molar-refractivity contribution in [1.29, 1.82) is 0 Å². The van der Waals surface area contributed by atoms with Crippen LogP contribution in [0.1, 0.15) is 29.5 Å². The quantitative estimate of drug-likeness (QED) is 0.522. The standard InChI is InChI=1S/C24H20F2N2O2S/c25-16-10-8-15(9-11-16)24-19-5-3-4-18(19)20-14-17(12-13-22(20)27-24)31(29,30)28-23-7-2-1-6-21(23)26/h1-4,6-14,18-19,24,27-28H,5H2/t18-,19+,24-/m1/s1.